The monoisotopic (exact) mass is 1400 g/mol. The summed E-state index contributed by atoms with van der Waals surface area (Å²) in [5.41, 5.74) is 35.2. The second kappa shape index (κ2) is 25.1. The van der Waals surface area contributed by atoms with E-state index in [1.807, 2.05) is 0 Å². The molecule has 0 spiro atoms. The normalized spacial score (nSPS) is 13.5. The average Bonchev–Trinajstić information content (AvgIpc) is 0.731. The summed E-state index contributed by atoms with van der Waals surface area (Å²) in [6, 6.07) is 104. The summed E-state index contributed by atoms with van der Waals surface area (Å²) < 4.78 is 5.21. The van der Waals surface area contributed by atoms with E-state index in [9.17, 15) is 0 Å². The first-order valence-corrected chi connectivity index (χ1v) is 39.1. The Morgan fingerprint density at radius 1 is 0.241 bits per heavy atom. The topological polar surface area (TPSA) is 16.3 Å². The van der Waals surface area contributed by atoms with Gasteiger partial charge in [0.25, 0.3) is 6.71 Å². The molecule has 0 unspecified atom stereocenters. The van der Waals surface area contributed by atoms with Crippen LogP contribution in [0, 0.1) is 6.92 Å². The summed E-state index contributed by atoms with van der Waals surface area (Å²) in [5.74, 6) is 0. The molecule has 17 rings (SSSR count). The Balaban J connectivity index is 1.06. The molecule has 0 bridgehead atoms. The zero-order valence-corrected chi connectivity index (χ0v) is 66.8. The highest BCUT2D eigenvalue weighted by molar-refractivity contribution is 7.00. The smallest absolute Gasteiger partial charge is 0.252 e. The van der Waals surface area contributed by atoms with E-state index in [2.05, 4.69) is 417 Å². The van der Waals surface area contributed by atoms with Crippen molar-refractivity contribution < 1.29 is 0 Å². The van der Waals surface area contributed by atoms with Gasteiger partial charge in [-0.05, 0) is 202 Å². The van der Waals surface area contributed by atoms with Gasteiger partial charge in [-0.15, -0.1) is 0 Å². The summed E-state index contributed by atoms with van der Waals surface area (Å²) in [4.78, 5) is 5.48. The van der Waals surface area contributed by atoms with Gasteiger partial charge >= 0.3 is 0 Å². The van der Waals surface area contributed by atoms with Gasteiger partial charge in [0, 0.05) is 77.9 Å². The molecule has 4 nitrogen and oxygen atoms in total. The fourth-order valence-electron chi connectivity index (χ4n) is 17.3. The van der Waals surface area contributed by atoms with E-state index in [1.54, 1.807) is 0 Å². The number of rotatable bonds is 8. The second-order valence-electron chi connectivity index (χ2n) is 37.2. The molecule has 4 heterocycles. The van der Waals surface area contributed by atoms with Crippen molar-refractivity contribution in [1.29, 1.82) is 0 Å². The highest BCUT2D eigenvalue weighted by atomic mass is 15.2. The van der Waals surface area contributed by atoms with Crippen LogP contribution in [0.2, 0.25) is 0 Å². The third-order valence-corrected chi connectivity index (χ3v) is 23.4. The fraction of sp³-hybridized carbons (Fsp3) is 0.243. The van der Waals surface area contributed by atoms with Crippen molar-refractivity contribution >= 4 is 101 Å². The number of nitrogens with zero attached hydrogens (tertiary/aromatic N) is 4. The van der Waals surface area contributed by atoms with Gasteiger partial charge in [0.05, 0.1) is 33.4 Å². The van der Waals surface area contributed by atoms with Crippen molar-refractivity contribution in [3.63, 3.8) is 0 Å². The van der Waals surface area contributed by atoms with Gasteiger partial charge in [-0.3, -0.25) is 0 Å². The first-order valence-electron chi connectivity index (χ1n) is 39.1. The average molecular weight is 1410 g/mol. The fourth-order valence-corrected chi connectivity index (χ4v) is 17.3. The maximum absolute atomic E-state index is 2.74. The van der Waals surface area contributed by atoms with E-state index in [1.165, 1.54) is 116 Å². The molecule has 0 radical (unpaired) electrons. The molecule has 2 aliphatic heterocycles. The summed E-state index contributed by atoms with van der Waals surface area (Å²) in [6.07, 6.45) is 0. The lowest BCUT2D eigenvalue weighted by Crippen LogP contribution is -2.61. The van der Waals surface area contributed by atoms with Gasteiger partial charge in [0.1, 0.15) is 0 Å². The summed E-state index contributed by atoms with van der Waals surface area (Å²) >= 11 is 0. The van der Waals surface area contributed by atoms with E-state index in [4.69, 9.17) is 0 Å². The van der Waals surface area contributed by atoms with Crippen LogP contribution in [0.3, 0.4) is 0 Å². The first-order chi connectivity index (χ1) is 51.3. The Labute approximate surface area is 641 Å². The predicted octanol–water partition coefficient (Wildman–Crippen LogP) is 26.7. The van der Waals surface area contributed by atoms with E-state index < -0.39 is 0 Å². The molecule has 0 saturated carbocycles. The molecule has 0 N–H and O–H groups in total. The molecule has 5 heteroatoms. The molecule has 0 amide bonds. The summed E-state index contributed by atoms with van der Waals surface area (Å²) in [5, 5.41) is 5.00. The third kappa shape index (κ3) is 11.8. The van der Waals surface area contributed by atoms with Crippen LogP contribution < -0.4 is 26.2 Å². The maximum atomic E-state index is 2.74. The van der Waals surface area contributed by atoms with Gasteiger partial charge in [0.15, 0.2) is 0 Å². The Hall–Kier alpha value is -10.9. The number of anilines is 6. The van der Waals surface area contributed by atoms with Gasteiger partial charge in [-0.2, -0.15) is 0 Å². The number of hydrogen-bond donors (Lipinski definition) is 0. The number of hydrogen-bond acceptors (Lipinski definition) is 2. The largest absolute Gasteiger partial charge is 0.310 e. The van der Waals surface area contributed by atoms with Crippen LogP contribution in [0.4, 0.5) is 34.1 Å². The molecule has 536 valence electrons. The van der Waals surface area contributed by atoms with Crippen molar-refractivity contribution in [2.45, 2.75) is 164 Å². The standard InChI is InChI=1S/C103H101BN4/c1-64-52-93-95-94(53-64)108(97-83(67-36-28-22-29-37-67)56-74(103(17,18)19)57-84(97)68-38-30-23-31-39-68)92-63-76(106-89-60-71(100(8,9)10)42-48-79(89)80-49-43-72(61-90(80)106)101(11,12)13)45-51-86(92)104(95)85-50-44-75(105-87-58-69(98(2,3)4)40-46-77(87)78-47-41-70(59-88(78)105)99(5,6)7)62-91(85)107(93)96-81(65-32-24-20-25-33-65)54-73(102(14,15)16)55-82(96)66-34-26-21-27-35-66/h20-63H,1-19H3. The molecule has 2 aliphatic rings. The van der Waals surface area contributed by atoms with E-state index in [0.717, 1.165) is 73.3 Å². The van der Waals surface area contributed by atoms with Crippen LogP contribution in [0.5, 0.6) is 0 Å². The molecule has 0 atom stereocenters. The molecule has 0 aliphatic carbocycles. The Morgan fingerprint density at radius 2 is 0.500 bits per heavy atom. The minimum Gasteiger partial charge on any atom is -0.310 e. The molecule has 108 heavy (non-hydrogen) atoms. The predicted molar refractivity (Wildman–Crippen MR) is 468 cm³/mol. The zero-order chi connectivity index (χ0) is 75.6. The lowest BCUT2D eigenvalue weighted by Gasteiger charge is -2.46. The molecule has 0 fully saturated rings. The van der Waals surface area contributed by atoms with Crippen LogP contribution in [-0.4, -0.2) is 15.8 Å². The zero-order valence-electron chi connectivity index (χ0n) is 66.8. The molecular formula is C103H101BN4. The first kappa shape index (κ1) is 70.1. The van der Waals surface area contributed by atoms with E-state index >= 15 is 0 Å². The van der Waals surface area contributed by atoms with E-state index in [0.29, 0.717) is 0 Å². The minimum absolute atomic E-state index is 0.0916. The number of fused-ring (bicyclic) bond motifs is 10. The van der Waals surface area contributed by atoms with Crippen molar-refractivity contribution in [3.8, 4) is 55.9 Å². The summed E-state index contributed by atoms with van der Waals surface area (Å²) in [6.45, 7) is 44.4. The van der Waals surface area contributed by atoms with Crippen LogP contribution in [0.15, 0.2) is 267 Å². The minimum atomic E-state index is -0.240. The molecule has 15 aromatic rings. The van der Waals surface area contributed by atoms with Crippen molar-refractivity contribution in [2.24, 2.45) is 0 Å². The van der Waals surface area contributed by atoms with Gasteiger partial charge < -0.3 is 18.9 Å². The van der Waals surface area contributed by atoms with Crippen LogP contribution in [0.25, 0.3) is 99.5 Å². The van der Waals surface area contributed by atoms with Gasteiger partial charge in [0.2, 0.25) is 0 Å². The number of aromatic nitrogens is 2. The van der Waals surface area contributed by atoms with E-state index in [-0.39, 0.29) is 39.2 Å². The molecule has 13 aromatic carbocycles. The number of aryl methyl sites for hydroxylation is 1. The highest BCUT2D eigenvalue weighted by Crippen LogP contribution is 2.56. The quantitative estimate of drug-likeness (QED) is 0.141. The Kier molecular flexibility index (Phi) is 16.3. The van der Waals surface area contributed by atoms with Crippen molar-refractivity contribution in [2.75, 3.05) is 9.80 Å². The van der Waals surface area contributed by atoms with Crippen LogP contribution in [-0.2, 0) is 32.5 Å². The lowest BCUT2D eigenvalue weighted by molar-refractivity contribution is 0.590. The maximum Gasteiger partial charge on any atom is 0.252 e. The highest BCUT2D eigenvalue weighted by Gasteiger charge is 2.46. The molecular weight excluding hydrogens is 1300 g/mol. The van der Waals surface area contributed by atoms with Crippen LogP contribution >= 0.6 is 0 Å². The van der Waals surface area contributed by atoms with Crippen molar-refractivity contribution in [1.82, 2.24) is 9.13 Å². The second-order valence-corrected chi connectivity index (χ2v) is 37.2. The number of benzene rings is 13. The van der Waals surface area contributed by atoms with Gasteiger partial charge in [-0.1, -0.05) is 307 Å². The Bertz CT molecular complexity index is 5470. The summed E-state index contributed by atoms with van der Waals surface area (Å²) in [7, 11) is 0. The molecule has 0 saturated heterocycles. The van der Waals surface area contributed by atoms with Crippen LogP contribution in [0.1, 0.15) is 164 Å². The lowest BCUT2D eigenvalue weighted by atomic mass is 9.33. The molecule has 2 aromatic heterocycles. The Morgan fingerprint density at radius 3 is 0.750 bits per heavy atom. The van der Waals surface area contributed by atoms with Crippen molar-refractivity contribution in [3.05, 3.63) is 306 Å². The van der Waals surface area contributed by atoms with Gasteiger partial charge in [-0.25, -0.2) is 0 Å². The third-order valence-electron chi connectivity index (χ3n) is 23.4. The SMILES string of the molecule is Cc1cc2c3c(c1)N(c1c(-c4ccccc4)cc(C(C)(C)C)cc1-c1ccccc1)c1cc(-n4c5cc(C(C)(C)C)ccc5c5ccc(C(C)(C)C)cc54)ccc1B3c1ccc(-n3c4cc(C(C)(C)C)ccc4c4ccc(C(C)(C)C)cc43)cc1N2c1c(-c2ccccc2)cc(C(C)(C)C)cc1-c1ccccc1.